The molecule has 5 heteroatoms. The van der Waals surface area contributed by atoms with Crippen LogP contribution in [0.5, 0.6) is 0 Å². The van der Waals surface area contributed by atoms with Gasteiger partial charge in [0.1, 0.15) is 10.2 Å². The van der Waals surface area contributed by atoms with Crippen LogP contribution in [0.3, 0.4) is 0 Å². The number of nitrogens with zero attached hydrogens (tertiary/aromatic N) is 1. The van der Waals surface area contributed by atoms with Crippen LogP contribution in [-0.4, -0.2) is 10.9 Å². The minimum Gasteiger partial charge on any atom is -0.410 e. The van der Waals surface area contributed by atoms with E-state index in [0.717, 1.165) is 10.0 Å². The second-order valence-corrected chi connectivity index (χ2v) is 4.35. The summed E-state index contributed by atoms with van der Waals surface area (Å²) in [6.07, 6.45) is 1.37. The highest BCUT2D eigenvalue weighted by molar-refractivity contribution is 9.10. The van der Waals surface area contributed by atoms with Crippen molar-refractivity contribution in [2.45, 2.75) is 0 Å². The summed E-state index contributed by atoms with van der Waals surface area (Å²) in [5.41, 5.74) is 1.05. The second-order valence-electron chi connectivity index (χ2n) is 2.43. The number of hydrogen-bond acceptors (Lipinski definition) is 2. The van der Waals surface area contributed by atoms with Crippen molar-refractivity contribution >= 4 is 44.8 Å². The van der Waals surface area contributed by atoms with E-state index in [2.05, 4.69) is 21.1 Å². The van der Waals surface area contributed by atoms with E-state index >= 15 is 0 Å². The van der Waals surface area contributed by atoms with Crippen LogP contribution >= 0.6 is 39.1 Å². The molecule has 0 radical (unpaired) electrons. The van der Waals surface area contributed by atoms with Gasteiger partial charge in [0.2, 0.25) is 0 Å². The summed E-state index contributed by atoms with van der Waals surface area (Å²) in [5, 5.41) is 11.8. The average molecular weight is 295 g/mol. The van der Waals surface area contributed by atoms with Gasteiger partial charge in [-0.25, -0.2) is 0 Å². The summed E-state index contributed by atoms with van der Waals surface area (Å²) in [6.45, 7) is 0. The van der Waals surface area contributed by atoms with E-state index in [1.165, 1.54) is 6.08 Å². The lowest BCUT2D eigenvalue weighted by Crippen LogP contribution is -1.96. The van der Waals surface area contributed by atoms with Crippen LogP contribution in [0.2, 0.25) is 0 Å². The molecule has 0 amide bonds. The largest absolute Gasteiger partial charge is 0.410 e. The Morgan fingerprint density at radius 3 is 2.29 bits per heavy atom. The molecule has 74 valence electrons. The van der Waals surface area contributed by atoms with Gasteiger partial charge in [0.25, 0.3) is 0 Å². The third-order valence-electron chi connectivity index (χ3n) is 1.49. The molecular formula is C9H6BrCl2NO. The summed E-state index contributed by atoms with van der Waals surface area (Å²) in [6, 6.07) is 7.23. The first kappa shape index (κ1) is 11.6. The molecule has 0 saturated heterocycles. The first-order valence-corrected chi connectivity index (χ1v) is 5.19. The van der Waals surface area contributed by atoms with Crippen molar-refractivity contribution in [3.8, 4) is 0 Å². The van der Waals surface area contributed by atoms with E-state index in [4.69, 9.17) is 28.4 Å². The maximum atomic E-state index is 8.71. The molecule has 0 aliphatic heterocycles. The Morgan fingerprint density at radius 2 is 1.86 bits per heavy atom. The van der Waals surface area contributed by atoms with Crippen LogP contribution < -0.4 is 0 Å². The quantitative estimate of drug-likeness (QED) is 0.500. The van der Waals surface area contributed by atoms with Crippen LogP contribution in [0.15, 0.2) is 44.5 Å². The monoisotopic (exact) mass is 293 g/mol. The fourth-order valence-electron chi connectivity index (χ4n) is 0.894. The molecule has 1 N–H and O–H groups in total. The van der Waals surface area contributed by atoms with Gasteiger partial charge in [-0.15, -0.1) is 0 Å². The molecule has 1 aromatic rings. The highest BCUT2D eigenvalue weighted by Crippen LogP contribution is 2.14. The summed E-state index contributed by atoms with van der Waals surface area (Å²) < 4.78 is 0.986. The third kappa shape index (κ3) is 3.33. The van der Waals surface area contributed by atoms with E-state index in [9.17, 15) is 0 Å². The molecule has 1 rings (SSSR count). The van der Waals surface area contributed by atoms with Crippen molar-refractivity contribution in [1.29, 1.82) is 0 Å². The lowest BCUT2D eigenvalue weighted by Gasteiger charge is -1.99. The topological polar surface area (TPSA) is 32.6 Å². The molecule has 2 nitrogen and oxygen atoms in total. The summed E-state index contributed by atoms with van der Waals surface area (Å²) in [7, 11) is 0. The van der Waals surface area contributed by atoms with Crippen molar-refractivity contribution in [2.24, 2.45) is 5.16 Å². The van der Waals surface area contributed by atoms with Gasteiger partial charge in [0, 0.05) is 10.0 Å². The molecule has 0 heterocycles. The zero-order valence-electron chi connectivity index (χ0n) is 6.92. The molecule has 0 aromatic heterocycles. The number of allylic oxidation sites excluding steroid dienone is 1. The standard InChI is InChI=1S/C9H6BrCl2NO/c10-7-3-1-6(2-4-7)8(13-14)5-9(11)12/h1-5,14H/b13-8+. The molecule has 0 aliphatic carbocycles. The van der Waals surface area contributed by atoms with Crippen molar-refractivity contribution in [1.82, 2.24) is 0 Å². The Hall–Kier alpha value is -0.510. The first-order valence-electron chi connectivity index (χ1n) is 3.64. The predicted molar refractivity (Wildman–Crippen MR) is 62.3 cm³/mol. The molecular weight excluding hydrogens is 289 g/mol. The summed E-state index contributed by atoms with van der Waals surface area (Å²) >= 11 is 14.2. The molecule has 0 spiro atoms. The van der Waals surface area contributed by atoms with Gasteiger partial charge in [0.15, 0.2) is 0 Å². The molecule has 0 fully saturated rings. The van der Waals surface area contributed by atoms with Gasteiger partial charge in [0.05, 0.1) is 0 Å². The molecule has 0 unspecified atom stereocenters. The number of halogens is 3. The van der Waals surface area contributed by atoms with Crippen LogP contribution in [0.1, 0.15) is 5.56 Å². The summed E-state index contributed by atoms with van der Waals surface area (Å²) in [5.74, 6) is 0. The molecule has 14 heavy (non-hydrogen) atoms. The number of oxime groups is 1. The van der Waals surface area contributed by atoms with Gasteiger partial charge in [-0.05, 0) is 18.2 Å². The predicted octanol–water partition coefficient (Wildman–Crippen LogP) is 3.95. The normalized spacial score (nSPS) is 11.2. The first-order chi connectivity index (χ1) is 6.63. The van der Waals surface area contributed by atoms with E-state index < -0.39 is 0 Å². The van der Waals surface area contributed by atoms with E-state index in [1.807, 2.05) is 12.1 Å². The van der Waals surface area contributed by atoms with Gasteiger partial charge >= 0.3 is 0 Å². The molecule has 0 aliphatic rings. The Kier molecular flexibility index (Phi) is 4.45. The Bertz CT molecular complexity index is 369. The lowest BCUT2D eigenvalue weighted by molar-refractivity contribution is 0.320. The Labute approximate surface area is 100.0 Å². The van der Waals surface area contributed by atoms with Crippen molar-refractivity contribution < 1.29 is 5.21 Å². The molecule has 0 saturated carbocycles. The zero-order chi connectivity index (χ0) is 10.6. The number of benzene rings is 1. The molecule has 1 aromatic carbocycles. The Morgan fingerprint density at radius 1 is 1.29 bits per heavy atom. The second kappa shape index (κ2) is 5.39. The van der Waals surface area contributed by atoms with Crippen molar-refractivity contribution in [3.63, 3.8) is 0 Å². The maximum absolute atomic E-state index is 8.71. The minimum absolute atomic E-state index is 0.0423. The Balaban J connectivity index is 3.03. The van der Waals surface area contributed by atoms with Crippen LogP contribution in [0.25, 0.3) is 0 Å². The van der Waals surface area contributed by atoms with Crippen LogP contribution in [-0.2, 0) is 0 Å². The fraction of sp³-hybridized carbons (Fsp3) is 0. The van der Waals surface area contributed by atoms with Crippen LogP contribution in [0, 0.1) is 0 Å². The fourth-order valence-corrected chi connectivity index (χ4v) is 1.36. The number of rotatable bonds is 2. The van der Waals surface area contributed by atoms with Crippen molar-refractivity contribution in [2.75, 3.05) is 0 Å². The van der Waals surface area contributed by atoms with Gasteiger partial charge in [-0.2, -0.15) is 0 Å². The van der Waals surface area contributed by atoms with Gasteiger partial charge in [-0.3, -0.25) is 0 Å². The van der Waals surface area contributed by atoms with E-state index in [1.54, 1.807) is 12.1 Å². The number of hydrogen-bond donors (Lipinski definition) is 1. The van der Waals surface area contributed by atoms with Gasteiger partial charge in [-0.1, -0.05) is 56.4 Å². The smallest absolute Gasteiger partial charge is 0.112 e. The molecule has 0 atom stereocenters. The molecule has 0 bridgehead atoms. The zero-order valence-corrected chi connectivity index (χ0v) is 10.0. The highest BCUT2D eigenvalue weighted by Gasteiger charge is 2.01. The summed E-state index contributed by atoms with van der Waals surface area (Å²) in [4.78, 5) is 0. The van der Waals surface area contributed by atoms with E-state index in [-0.39, 0.29) is 4.49 Å². The highest BCUT2D eigenvalue weighted by atomic mass is 79.9. The lowest BCUT2D eigenvalue weighted by atomic mass is 10.1. The van der Waals surface area contributed by atoms with Gasteiger partial charge < -0.3 is 5.21 Å². The third-order valence-corrected chi connectivity index (χ3v) is 2.24. The maximum Gasteiger partial charge on any atom is 0.112 e. The SMILES string of the molecule is O/N=C(\C=C(Cl)Cl)c1ccc(Br)cc1. The van der Waals surface area contributed by atoms with Crippen LogP contribution in [0.4, 0.5) is 0 Å². The average Bonchev–Trinajstić information content (AvgIpc) is 2.15. The minimum atomic E-state index is 0.0423. The van der Waals surface area contributed by atoms with Crippen molar-refractivity contribution in [3.05, 3.63) is 44.9 Å². The van der Waals surface area contributed by atoms with E-state index in [0.29, 0.717) is 5.71 Å².